The predicted octanol–water partition coefficient (Wildman–Crippen LogP) is 2.83. The van der Waals surface area contributed by atoms with Crippen molar-refractivity contribution in [3.8, 4) is 0 Å². The molecule has 0 spiro atoms. The van der Waals surface area contributed by atoms with Gasteiger partial charge in [-0.2, -0.15) is 0 Å². The lowest BCUT2D eigenvalue weighted by atomic mass is 10.1. The monoisotopic (exact) mass is 311 g/mol. The molecule has 3 atom stereocenters. The molecule has 1 saturated carbocycles. The van der Waals surface area contributed by atoms with Crippen LogP contribution < -0.4 is 5.32 Å². The topological polar surface area (TPSA) is 66.4 Å². The van der Waals surface area contributed by atoms with Gasteiger partial charge < -0.3 is 10.4 Å². The number of rotatable bonds is 7. The Hall–Kier alpha value is -1.98. The van der Waals surface area contributed by atoms with Gasteiger partial charge in [-0.25, -0.2) is 13.6 Å². The fourth-order valence-corrected chi connectivity index (χ4v) is 2.54. The van der Waals surface area contributed by atoms with Gasteiger partial charge in [0, 0.05) is 5.92 Å². The first-order chi connectivity index (χ1) is 10.4. The standard InChI is InChI=1S/C16H19F2NO3/c1-2-3-4-14(16(21)22)19-15(20)11-8-10(11)9-5-6-12(17)13(18)7-9/h5-7,10-11,14H,2-4,8H2,1H3,(H,19,20)(H,21,22)/t10?,11?,14-/m0/s1. The fourth-order valence-electron chi connectivity index (χ4n) is 2.54. The third-order valence-corrected chi connectivity index (χ3v) is 3.96. The molecule has 2 rings (SSSR count). The van der Waals surface area contributed by atoms with E-state index >= 15 is 0 Å². The van der Waals surface area contributed by atoms with Gasteiger partial charge in [-0.3, -0.25) is 4.79 Å². The molecule has 2 unspecified atom stereocenters. The highest BCUT2D eigenvalue weighted by Crippen LogP contribution is 2.47. The van der Waals surface area contributed by atoms with E-state index in [0.717, 1.165) is 18.6 Å². The number of carbonyl (C=O) groups is 2. The van der Waals surface area contributed by atoms with Crippen molar-refractivity contribution in [2.45, 2.75) is 44.6 Å². The number of carboxylic acid groups (broad SMARTS) is 1. The molecule has 1 aliphatic rings. The number of hydrogen-bond acceptors (Lipinski definition) is 2. The minimum Gasteiger partial charge on any atom is -0.480 e. The smallest absolute Gasteiger partial charge is 0.326 e. The molecule has 1 aromatic carbocycles. The van der Waals surface area contributed by atoms with Gasteiger partial charge in [-0.1, -0.05) is 25.8 Å². The summed E-state index contributed by atoms with van der Waals surface area (Å²) < 4.78 is 26.1. The van der Waals surface area contributed by atoms with Crippen molar-refractivity contribution >= 4 is 11.9 Å². The second-order valence-corrected chi connectivity index (χ2v) is 5.66. The largest absolute Gasteiger partial charge is 0.480 e. The second kappa shape index (κ2) is 6.85. The molecule has 6 heteroatoms. The van der Waals surface area contributed by atoms with E-state index in [1.54, 1.807) is 0 Å². The number of hydrogen-bond donors (Lipinski definition) is 2. The van der Waals surface area contributed by atoms with Crippen molar-refractivity contribution in [1.29, 1.82) is 0 Å². The van der Waals surface area contributed by atoms with Crippen molar-refractivity contribution in [3.63, 3.8) is 0 Å². The minimum atomic E-state index is -1.05. The number of carbonyl (C=O) groups excluding carboxylic acids is 1. The van der Waals surface area contributed by atoms with E-state index in [9.17, 15) is 18.4 Å². The van der Waals surface area contributed by atoms with Crippen LogP contribution in [0.5, 0.6) is 0 Å². The van der Waals surface area contributed by atoms with Crippen LogP contribution in [-0.4, -0.2) is 23.0 Å². The van der Waals surface area contributed by atoms with Gasteiger partial charge >= 0.3 is 5.97 Å². The van der Waals surface area contributed by atoms with Gasteiger partial charge in [0.25, 0.3) is 0 Å². The lowest BCUT2D eigenvalue weighted by Crippen LogP contribution is -2.41. The Morgan fingerprint density at radius 1 is 1.36 bits per heavy atom. The van der Waals surface area contributed by atoms with Crippen LogP contribution in [0.2, 0.25) is 0 Å². The number of unbranched alkanes of at least 4 members (excludes halogenated alkanes) is 1. The lowest BCUT2D eigenvalue weighted by molar-refractivity contribution is -0.142. The maximum absolute atomic E-state index is 13.2. The quantitative estimate of drug-likeness (QED) is 0.814. The molecule has 2 N–H and O–H groups in total. The van der Waals surface area contributed by atoms with E-state index < -0.39 is 23.6 Å². The van der Waals surface area contributed by atoms with Crippen molar-refractivity contribution in [1.82, 2.24) is 5.32 Å². The molecular formula is C16H19F2NO3. The lowest BCUT2D eigenvalue weighted by Gasteiger charge is -2.14. The predicted molar refractivity (Wildman–Crippen MR) is 76.3 cm³/mol. The molecule has 1 fully saturated rings. The molecule has 4 nitrogen and oxygen atoms in total. The molecule has 1 aliphatic carbocycles. The Labute approximate surface area is 127 Å². The van der Waals surface area contributed by atoms with E-state index in [4.69, 9.17) is 5.11 Å². The zero-order chi connectivity index (χ0) is 16.3. The van der Waals surface area contributed by atoms with E-state index in [0.29, 0.717) is 24.8 Å². The number of nitrogens with one attached hydrogen (secondary N) is 1. The van der Waals surface area contributed by atoms with E-state index in [2.05, 4.69) is 5.32 Å². The van der Waals surface area contributed by atoms with Crippen LogP contribution in [0.25, 0.3) is 0 Å². The van der Waals surface area contributed by atoms with Crippen LogP contribution in [0.1, 0.15) is 44.1 Å². The van der Waals surface area contributed by atoms with Gasteiger partial charge in [-0.15, -0.1) is 0 Å². The van der Waals surface area contributed by atoms with E-state index in [1.165, 1.54) is 6.07 Å². The molecule has 0 bridgehead atoms. The average molecular weight is 311 g/mol. The van der Waals surface area contributed by atoms with Gasteiger partial charge in [0.1, 0.15) is 6.04 Å². The number of benzene rings is 1. The highest BCUT2D eigenvalue weighted by Gasteiger charge is 2.45. The maximum atomic E-state index is 13.2. The summed E-state index contributed by atoms with van der Waals surface area (Å²) in [4.78, 5) is 23.2. The number of amides is 1. The van der Waals surface area contributed by atoms with E-state index in [-0.39, 0.29) is 17.7 Å². The number of carboxylic acids is 1. The molecule has 1 amide bonds. The highest BCUT2D eigenvalue weighted by molar-refractivity contribution is 5.87. The highest BCUT2D eigenvalue weighted by atomic mass is 19.2. The summed E-state index contributed by atoms with van der Waals surface area (Å²) in [6.07, 6.45) is 2.48. The maximum Gasteiger partial charge on any atom is 0.326 e. The van der Waals surface area contributed by atoms with Gasteiger partial charge in [-0.05, 0) is 36.5 Å². The first kappa shape index (κ1) is 16.4. The molecule has 0 saturated heterocycles. The summed E-state index contributed by atoms with van der Waals surface area (Å²) in [5, 5.41) is 11.6. The molecule has 0 heterocycles. The Kier molecular flexibility index (Phi) is 5.11. The summed E-state index contributed by atoms with van der Waals surface area (Å²) in [5.74, 6) is -3.78. The normalized spacial score (nSPS) is 21.2. The summed E-state index contributed by atoms with van der Waals surface area (Å²) in [6, 6.07) is 2.71. The Balaban J connectivity index is 1.94. The van der Waals surface area contributed by atoms with Gasteiger partial charge in [0.05, 0.1) is 0 Å². The van der Waals surface area contributed by atoms with Gasteiger partial charge in [0.15, 0.2) is 11.6 Å². The fraction of sp³-hybridized carbons (Fsp3) is 0.500. The molecule has 0 aliphatic heterocycles. The first-order valence-corrected chi connectivity index (χ1v) is 7.42. The molecule has 22 heavy (non-hydrogen) atoms. The van der Waals surface area contributed by atoms with E-state index in [1.807, 2.05) is 6.92 Å². The van der Waals surface area contributed by atoms with Crippen LogP contribution in [0.4, 0.5) is 8.78 Å². The molecule has 0 radical (unpaired) electrons. The Bertz CT molecular complexity index is 577. The summed E-state index contributed by atoms with van der Waals surface area (Å²) in [6.45, 7) is 1.95. The summed E-state index contributed by atoms with van der Waals surface area (Å²) in [5.41, 5.74) is 0.569. The third-order valence-electron chi connectivity index (χ3n) is 3.96. The Morgan fingerprint density at radius 2 is 2.09 bits per heavy atom. The molecule has 0 aromatic heterocycles. The minimum absolute atomic E-state index is 0.171. The van der Waals surface area contributed by atoms with Crippen molar-refractivity contribution in [2.75, 3.05) is 0 Å². The van der Waals surface area contributed by atoms with Crippen LogP contribution in [0.3, 0.4) is 0 Å². The van der Waals surface area contributed by atoms with Crippen LogP contribution >= 0.6 is 0 Å². The van der Waals surface area contributed by atoms with Crippen molar-refractivity contribution in [2.24, 2.45) is 5.92 Å². The van der Waals surface area contributed by atoms with Crippen molar-refractivity contribution in [3.05, 3.63) is 35.4 Å². The average Bonchev–Trinajstić information content (AvgIpc) is 3.26. The first-order valence-electron chi connectivity index (χ1n) is 7.42. The molecule has 120 valence electrons. The van der Waals surface area contributed by atoms with Gasteiger partial charge in [0.2, 0.25) is 5.91 Å². The summed E-state index contributed by atoms with van der Waals surface area (Å²) >= 11 is 0. The third kappa shape index (κ3) is 3.81. The van der Waals surface area contributed by atoms with Crippen LogP contribution in [-0.2, 0) is 9.59 Å². The zero-order valence-electron chi connectivity index (χ0n) is 12.3. The molecule has 1 aromatic rings. The number of aliphatic carboxylic acids is 1. The Morgan fingerprint density at radius 3 is 2.68 bits per heavy atom. The SMILES string of the molecule is CCCC[C@H](NC(=O)C1CC1c1ccc(F)c(F)c1)C(=O)O. The van der Waals surface area contributed by atoms with Crippen LogP contribution in [0.15, 0.2) is 18.2 Å². The zero-order valence-corrected chi connectivity index (χ0v) is 12.3. The van der Waals surface area contributed by atoms with Crippen molar-refractivity contribution < 1.29 is 23.5 Å². The second-order valence-electron chi connectivity index (χ2n) is 5.66. The number of halogens is 2. The van der Waals surface area contributed by atoms with Crippen LogP contribution in [0, 0.1) is 17.6 Å². The summed E-state index contributed by atoms with van der Waals surface area (Å²) in [7, 11) is 0. The molecular weight excluding hydrogens is 292 g/mol.